The standard InChI is InChI=1S/C22H28O2.C20H24O2.C19H22O4.C19H22O2.C18H20O2/c1-14-10-18(11-15(2)20(14)23)22(8-6-5-7-9-22)19-12-16(3)21(24)17(4)13-19;1-14-12-16(6-8-18(14)21)20(10-4-3-5-11-20)17-7-9-19(22)15(2)13-17;1-12-6-8-19(9-7-12,13-2-4-15(20)17(22)10-13)14-3-5-16(21)18(23)11-14;1-14-10-12-19(13-11-14,15-2-6-17(20)7-3-15)16-4-8-18(21)9-5-16;19-16-8-4-14(5-9-16)18(12-2-1-3-13-18)15-6-10-17(20)11-7-15/h10-13,23-24H,5-9H2,1-4H3;6-9,12-13,21-22H,3-5,10-11H2,1-2H3;2-5,10-12,20-23H,6-9H2,1H3;2-9,14,20-21H,10-13H2,1H3;4-11,19-20H,1-3,12-13H2. The smallest absolute Gasteiger partial charge is 0.157 e. The van der Waals surface area contributed by atoms with E-state index < -0.39 is 0 Å². The first kappa shape index (κ1) is 80.8. The molecule has 5 saturated carbocycles. The molecule has 12 nitrogen and oxygen atoms in total. The first-order chi connectivity index (χ1) is 52.6. The Morgan fingerprint density at radius 2 is 0.400 bits per heavy atom. The van der Waals surface area contributed by atoms with Gasteiger partial charge in [0.2, 0.25) is 0 Å². The Kier molecular flexibility index (Phi) is 25.6. The van der Waals surface area contributed by atoms with Crippen molar-refractivity contribution < 1.29 is 61.3 Å². The minimum Gasteiger partial charge on any atom is -0.508 e. The molecule has 0 saturated heterocycles. The molecular formula is C98H116O12. The van der Waals surface area contributed by atoms with E-state index in [9.17, 15) is 61.3 Å². The molecule has 5 fully saturated rings. The lowest BCUT2D eigenvalue weighted by atomic mass is 9.63. The van der Waals surface area contributed by atoms with Crippen LogP contribution in [0.1, 0.15) is 251 Å². The molecule has 12 N–H and O–H groups in total. The van der Waals surface area contributed by atoms with E-state index in [0.717, 1.165) is 127 Å². The van der Waals surface area contributed by atoms with Gasteiger partial charge in [-0.05, 0) is 317 Å². The first-order valence-corrected chi connectivity index (χ1v) is 40.1. The summed E-state index contributed by atoms with van der Waals surface area (Å²) < 4.78 is 0. The van der Waals surface area contributed by atoms with Crippen molar-refractivity contribution in [2.45, 2.75) is 230 Å². The summed E-state index contributed by atoms with van der Waals surface area (Å²) in [7, 11) is 0. The van der Waals surface area contributed by atoms with Gasteiger partial charge in [0.05, 0.1) is 0 Å². The maximum atomic E-state index is 10.2. The van der Waals surface area contributed by atoms with Gasteiger partial charge < -0.3 is 61.3 Å². The SMILES string of the molecule is CC1CCC(c2ccc(O)c(O)c2)(c2ccc(O)c(O)c2)CC1.CC1CCC(c2ccc(O)cc2)(c2ccc(O)cc2)CC1.Cc1cc(C2(c3cc(C)c(O)c(C)c3)CCCCC2)cc(C)c1O.Cc1cc(C2(c3ccc(O)c(C)c3)CCCCC2)ccc1O.Oc1ccc(C2(c3ccc(O)cc3)CCCCC2)cc1. The largest absolute Gasteiger partial charge is 0.508 e. The van der Waals surface area contributed by atoms with Crippen molar-refractivity contribution in [3.63, 3.8) is 0 Å². The lowest BCUT2D eigenvalue weighted by Gasteiger charge is -2.40. The van der Waals surface area contributed by atoms with E-state index in [-0.39, 0.29) is 50.1 Å². The minimum absolute atomic E-state index is 0.00785. The third kappa shape index (κ3) is 17.7. The molecule has 15 rings (SSSR count). The van der Waals surface area contributed by atoms with Crippen LogP contribution in [0.4, 0.5) is 0 Å². The number of phenols is 12. The fourth-order valence-electron chi connectivity index (χ4n) is 18.8. The maximum absolute atomic E-state index is 10.2. The van der Waals surface area contributed by atoms with Crippen molar-refractivity contribution >= 4 is 0 Å². The zero-order chi connectivity index (χ0) is 78.7. The van der Waals surface area contributed by atoms with Crippen LogP contribution >= 0.6 is 0 Å². The third-order valence-electron chi connectivity index (χ3n) is 25.7. The number of aromatic hydroxyl groups is 12. The number of phenolic OH excluding ortho intramolecular Hbond substituents is 12. The molecular weight excluding hydrogens is 1370 g/mol. The van der Waals surface area contributed by atoms with Gasteiger partial charge in [-0.2, -0.15) is 0 Å². The van der Waals surface area contributed by atoms with Crippen LogP contribution in [0.5, 0.6) is 69.0 Å². The van der Waals surface area contributed by atoms with Crippen LogP contribution in [-0.4, -0.2) is 61.3 Å². The molecule has 580 valence electrons. The van der Waals surface area contributed by atoms with Crippen LogP contribution in [0.25, 0.3) is 0 Å². The van der Waals surface area contributed by atoms with E-state index in [1.165, 1.54) is 127 Å². The van der Waals surface area contributed by atoms with Crippen LogP contribution in [-0.2, 0) is 27.1 Å². The number of rotatable bonds is 10. The molecule has 10 aromatic rings. The molecule has 110 heavy (non-hydrogen) atoms. The topological polar surface area (TPSA) is 243 Å². The average Bonchev–Trinajstić information content (AvgIpc) is 0.764. The monoisotopic (exact) mass is 1480 g/mol. The predicted octanol–water partition coefficient (Wildman–Crippen LogP) is 23.5. The minimum atomic E-state index is -0.330. The Morgan fingerprint density at radius 3 is 0.655 bits per heavy atom. The van der Waals surface area contributed by atoms with E-state index >= 15 is 0 Å². The maximum Gasteiger partial charge on any atom is 0.157 e. The van der Waals surface area contributed by atoms with Crippen LogP contribution in [0.2, 0.25) is 0 Å². The summed E-state index contributed by atoms with van der Waals surface area (Å²) >= 11 is 0. The summed E-state index contributed by atoms with van der Waals surface area (Å²) in [5.41, 5.74) is 17.4. The van der Waals surface area contributed by atoms with E-state index in [1.54, 1.807) is 60.7 Å². The highest BCUT2D eigenvalue weighted by atomic mass is 16.3. The predicted molar refractivity (Wildman–Crippen MR) is 441 cm³/mol. The van der Waals surface area contributed by atoms with Crippen LogP contribution in [0.15, 0.2) is 194 Å². The quantitative estimate of drug-likeness (QED) is 0.0572. The Hall–Kier alpha value is -10.2. The second-order valence-corrected chi connectivity index (χ2v) is 33.0. The number of benzene rings is 10. The van der Waals surface area contributed by atoms with Gasteiger partial charge in [0.25, 0.3) is 0 Å². The average molecular weight is 1490 g/mol. The van der Waals surface area contributed by atoms with Crippen LogP contribution in [0.3, 0.4) is 0 Å². The molecule has 0 spiro atoms. The molecule has 5 aliphatic carbocycles. The van der Waals surface area contributed by atoms with Crippen molar-refractivity contribution in [1.29, 1.82) is 0 Å². The molecule has 0 aromatic heterocycles. The van der Waals surface area contributed by atoms with Crippen molar-refractivity contribution in [1.82, 2.24) is 0 Å². The van der Waals surface area contributed by atoms with Gasteiger partial charge in [0, 0.05) is 27.1 Å². The highest BCUT2D eigenvalue weighted by Crippen LogP contribution is 2.53. The van der Waals surface area contributed by atoms with E-state index in [0.29, 0.717) is 51.9 Å². The Balaban J connectivity index is 0.000000137. The molecule has 0 atom stereocenters. The summed E-state index contributed by atoms with van der Waals surface area (Å²) in [6.45, 7) is 16.4. The van der Waals surface area contributed by atoms with Crippen LogP contribution in [0, 0.1) is 53.4 Å². The summed E-state index contributed by atoms with van der Waals surface area (Å²) in [5, 5.41) is 117. The Bertz CT molecular complexity index is 4410. The van der Waals surface area contributed by atoms with Crippen molar-refractivity contribution in [2.24, 2.45) is 11.8 Å². The molecule has 12 heteroatoms. The third-order valence-corrected chi connectivity index (χ3v) is 25.7. The molecule has 5 aliphatic rings. The zero-order valence-electron chi connectivity index (χ0n) is 65.8. The summed E-state index contributed by atoms with van der Waals surface area (Å²) in [5.74, 6) is 3.63. The van der Waals surface area contributed by atoms with Crippen molar-refractivity contribution in [2.75, 3.05) is 0 Å². The Morgan fingerprint density at radius 1 is 0.200 bits per heavy atom. The van der Waals surface area contributed by atoms with E-state index in [4.69, 9.17) is 0 Å². The van der Waals surface area contributed by atoms with Crippen molar-refractivity contribution in [3.8, 4) is 69.0 Å². The summed E-state index contributed by atoms with van der Waals surface area (Å²) in [4.78, 5) is 0. The molecule has 0 amide bonds. The van der Waals surface area contributed by atoms with Gasteiger partial charge in [0.1, 0.15) is 46.0 Å². The normalized spacial score (nSPS) is 17.7. The van der Waals surface area contributed by atoms with E-state index in [1.807, 2.05) is 114 Å². The molecule has 0 aliphatic heterocycles. The molecule has 10 aromatic carbocycles. The number of hydrogen-bond donors (Lipinski definition) is 12. The lowest BCUT2D eigenvalue weighted by molar-refractivity contribution is 0.278. The highest BCUT2D eigenvalue weighted by molar-refractivity contribution is 5.56. The van der Waals surface area contributed by atoms with Gasteiger partial charge in [-0.25, -0.2) is 0 Å². The first-order valence-electron chi connectivity index (χ1n) is 40.1. The van der Waals surface area contributed by atoms with Crippen LogP contribution < -0.4 is 0 Å². The fraction of sp³-hybridized carbons (Fsp3) is 0.388. The second-order valence-electron chi connectivity index (χ2n) is 33.0. The number of hydrogen-bond acceptors (Lipinski definition) is 12. The van der Waals surface area contributed by atoms with Gasteiger partial charge >= 0.3 is 0 Å². The van der Waals surface area contributed by atoms with Gasteiger partial charge in [-0.15, -0.1) is 0 Å². The molecule has 0 bridgehead atoms. The summed E-state index contributed by atoms with van der Waals surface area (Å²) in [6, 6.07) is 61.0. The number of aryl methyl sites for hydroxylation is 6. The summed E-state index contributed by atoms with van der Waals surface area (Å²) in [6.07, 6.45) is 26.5. The second kappa shape index (κ2) is 34.8. The fourth-order valence-corrected chi connectivity index (χ4v) is 18.8. The molecule has 0 unspecified atom stereocenters. The van der Waals surface area contributed by atoms with Gasteiger partial charge in [0.15, 0.2) is 23.0 Å². The highest BCUT2D eigenvalue weighted by Gasteiger charge is 2.42. The molecule has 0 radical (unpaired) electrons. The van der Waals surface area contributed by atoms with Crippen molar-refractivity contribution in [3.05, 3.63) is 283 Å². The zero-order valence-corrected chi connectivity index (χ0v) is 65.8. The molecule has 0 heterocycles. The van der Waals surface area contributed by atoms with Gasteiger partial charge in [-0.1, -0.05) is 181 Å². The Labute approximate surface area is 651 Å². The lowest BCUT2D eigenvalue weighted by Crippen LogP contribution is -2.32. The van der Waals surface area contributed by atoms with Gasteiger partial charge in [-0.3, -0.25) is 0 Å². The van der Waals surface area contributed by atoms with E-state index in [2.05, 4.69) is 62.4 Å².